The Hall–Kier alpha value is -5.07. The molecule has 0 saturated carbocycles. The summed E-state index contributed by atoms with van der Waals surface area (Å²) in [5.74, 6) is 0.471. The monoisotopic (exact) mass is 633 g/mol. The van der Waals surface area contributed by atoms with E-state index in [-0.39, 0.29) is 25.0 Å². The van der Waals surface area contributed by atoms with E-state index in [2.05, 4.69) is 13.8 Å². The number of benzene rings is 5. The van der Waals surface area contributed by atoms with Crippen molar-refractivity contribution < 1.29 is 23.8 Å². The lowest BCUT2D eigenvalue weighted by Gasteiger charge is -2.26. The lowest BCUT2D eigenvalue weighted by molar-refractivity contribution is 0.0600. The van der Waals surface area contributed by atoms with Gasteiger partial charge in [-0.25, -0.2) is 4.79 Å². The number of hydrogen-bond acceptors (Lipinski definition) is 5. The van der Waals surface area contributed by atoms with Gasteiger partial charge >= 0.3 is 5.97 Å². The van der Waals surface area contributed by atoms with Crippen LogP contribution in [0.1, 0.15) is 62.7 Å². The number of hydrogen-bond donors (Lipinski definition) is 0. The number of nitrogens with zero attached hydrogens (tertiary/aromatic N) is 1. The molecule has 0 heterocycles. The average Bonchev–Trinajstić information content (AvgIpc) is 3.09. The molecule has 5 rings (SSSR count). The van der Waals surface area contributed by atoms with Crippen LogP contribution in [-0.4, -0.2) is 19.0 Å². The summed E-state index contributed by atoms with van der Waals surface area (Å²) < 4.78 is 17.6. The van der Waals surface area contributed by atoms with Gasteiger partial charge in [0, 0.05) is 16.8 Å². The van der Waals surface area contributed by atoms with Gasteiger partial charge in [0.25, 0.3) is 5.91 Å². The zero-order valence-electron chi connectivity index (χ0n) is 26.1. The van der Waals surface area contributed by atoms with E-state index < -0.39 is 5.97 Å². The molecule has 0 saturated heterocycles. The summed E-state index contributed by atoms with van der Waals surface area (Å²) in [6, 6.07) is 37.6. The van der Waals surface area contributed by atoms with Crippen molar-refractivity contribution >= 4 is 29.2 Å². The molecule has 234 valence electrons. The molecule has 0 aliphatic heterocycles. The number of carbonyl (C=O) groups is 2. The first-order chi connectivity index (χ1) is 22.3. The van der Waals surface area contributed by atoms with E-state index >= 15 is 0 Å². The molecule has 0 aromatic heterocycles. The fraction of sp³-hybridized carbons (Fsp3) is 0.179. The molecule has 0 bridgehead atoms. The topological polar surface area (TPSA) is 65.1 Å². The van der Waals surface area contributed by atoms with E-state index in [1.54, 1.807) is 29.2 Å². The Labute approximate surface area is 275 Å². The minimum Gasteiger partial charge on any atom is -0.488 e. The van der Waals surface area contributed by atoms with Crippen LogP contribution in [0.5, 0.6) is 11.5 Å². The van der Waals surface area contributed by atoms with Gasteiger partial charge in [-0.15, -0.1) is 0 Å². The van der Waals surface area contributed by atoms with Crippen LogP contribution in [0.15, 0.2) is 121 Å². The van der Waals surface area contributed by atoms with Gasteiger partial charge in [-0.1, -0.05) is 98.2 Å². The summed E-state index contributed by atoms with van der Waals surface area (Å²) in [5, 5.41) is 0.562. The normalized spacial score (nSPS) is 10.8. The van der Waals surface area contributed by atoms with Crippen LogP contribution in [0.3, 0.4) is 0 Å². The minimum absolute atomic E-state index is 0.0651. The highest BCUT2D eigenvalue weighted by Gasteiger charge is 2.25. The maximum absolute atomic E-state index is 14.7. The SMILES string of the molecule is COC(=O)c1ccc(CN(C(=O)c2cc(C(C)C)c(OCc3ccccc3)cc2OCc2ccccc2)c2ccc(Cl)cc2)cc1. The maximum Gasteiger partial charge on any atom is 0.337 e. The van der Waals surface area contributed by atoms with Gasteiger partial charge in [0.2, 0.25) is 0 Å². The predicted octanol–water partition coefficient (Wildman–Crippen LogP) is 9.25. The Bertz CT molecular complexity index is 1760. The average molecular weight is 634 g/mol. The standard InChI is InChI=1S/C39H36ClNO5/c1-27(2)34-22-35(37(46-26-30-12-8-5-9-13-30)23-36(34)45-25-29-10-6-4-7-11-29)38(42)41(33-20-18-32(40)19-21-33)24-28-14-16-31(17-15-28)39(43)44-3/h4-23,27H,24-26H2,1-3H3. The summed E-state index contributed by atoms with van der Waals surface area (Å²) >= 11 is 6.22. The Balaban J connectivity index is 1.55. The first-order valence-electron chi connectivity index (χ1n) is 15.1. The number of esters is 1. The largest absolute Gasteiger partial charge is 0.488 e. The molecule has 0 aliphatic carbocycles. The first kappa shape index (κ1) is 32.3. The summed E-state index contributed by atoms with van der Waals surface area (Å²) in [4.78, 5) is 28.3. The van der Waals surface area contributed by atoms with E-state index in [0.717, 1.165) is 22.3 Å². The van der Waals surface area contributed by atoms with Gasteiger partial charge in [0.05, 0.1) is 24.8 Å². The van der Waals surface area contributed by atoms with Gasteiger partial charge in [-0.3, -0.25) is 4.79 Å². The van der Waals surface area contributed by atoms with Crippen LogP contribution >= 0.6 is 11.6 Å². The molecular weight excluding hydrogens is 598 g/mol. The van der Waals surface area contributed by atoms with Crippen molar-refractivity contribution in [2.24, 2.45) is 0 Å². The second-order valence-electron chi connectivity index (χ2n) is 11.1. The Morgan fingerprint density at radius 3 is 1.80 bits per heavy atom. The molecular formula is C39H36ClNO5. The van der Waals surface area contributed by atoms with Crippen molar-refractivity contribution in [3.63, 3.8) is 0 Å². The molecule has 46 heavy (non-hydrogen) atoms. The van der Waals surface area contributed by atoms with Gasteiger partial charge in [0.15, 0.2) is 0 Å². The lowest BCUT2D eigenvalue weighted by Crippen LogP contribution is -2.31. The molecule has 1 amide bonds. The van der Waals surface area contributed by atoms with Crippen molar-refractivity contribution in [1.29, 1.82) is 0 Å². The van der Waals surface area contributed by atoms with Crippen LogP contribution in [0.2, 0.25) is 5.02 Å². The third-order valence-corrected chi connectivity index (χ3v) is 7.79. The summed E-state index contributed by atoms with van der Waals surface area (Å²) in [6.07, 6.45) is 0. The van der Waals surface area contributed by atoms with Crippen LogP contribution in [0.4, 0.5) is 5.69 Å². The quantitative estimate of drug-likeness (QED) is 0.128. The van der Waals surface area contributed by atoms with Crippen LogP contribution in [0.25, 0.3) is 0 Å². The highest BCUT2D eigenvalue weighted by atomic mass is 35.5. The third-order valence-electron chi connectivity index (χ3n) is 7.54. The minimum atomic E-state index is -0.423. The molecule has 0 N–H and O–H groups in total. The molecule has 6 nitrogen and oxygen atoms in total. The second kappa shape index (κ2) is 15.3. The van der Waals surface area contributed by atoms with E-state index in [1.807, 2.05) is 97.1 Å². The molecule has 0 fully saturated rings. The zero-order valence-corrected chi connectivity index (χ0v) is 26.9. The zero-order chi connectivity index (χ0) is 32.5. The molecule has 7 heteroatoms. The number of carbonyl (C=O) groups excluding carboxylic acids is 2. The fourth-order valence-electron chi connectivity index (χ4n) is 5.00. The number of halogens is 1. The van der Waals surface area contributed by atoms with Crippen molar-refractivity contribution in [2.75, 3.05) is 12.0 Å². The maximum atomic E-state index is 14.7. The van der Waals surface area contributed by atoms with Crippen molar-refractivity contribution in [3.05, 3.63) is 160 Å². The van der Waals surface area contributed by atoms with Gasteiger partial charge < -0.3 is 19.1 Å². The van der Waals surface area contributed by atoms with Gasteiger partial charge in [-0.05, 0) is 70.6 Å². The molecule has 0 spiro atoms. The highest BCUT2D eigenvalue weighted by molar-refractivity contribution is 6.30. The number of anilines is 1. The van der Waals surface area contributed by atoms with E-state index in [0.29, 0.717) is 39.9 Å². The van der Waals surface area contributed by atoms with E-state index in [1.165, 1.54) is 7.11 Å². The summed E-state index contributed by atoms with van der Waals surface area (Å²) in [7, 11) is 1.35. The summed E-state index contributed by atoms with van der Waals surface area (Å²) in [5.41, 5.74) is 5.24. The Morgan fingerprint density at radius 2 is 1.26 bits per heavy atom. The first-order valence-corrected chi connectivity index (χ1v) is 15.5. The van der Waals surface area contributed by atoms with Crippen LogP contribution in [0, 0.1) is 0 Å². The fourth-order valence-corrected chi connectivity index (χ4v) is 5.13. The molecule has 5 aromatic rings. The number of ether oxygens (including phenoxy) is 3. The van der Waals surface area contributed by atoms with E-state index in [4.69, 9.17) is 25.8 Å². The number of methoxy groups -OCH3 is 1. The third kappa shape index (κ3) is 8.14. The van der Waals surface area contributed by atoms with Crippen molar-refractivity contribution in [1.82, 2.24) is 0 Å². The van der Waals surface area contributed by atoms with Crippen LogP contribution < -0.4 is 14.4 Å². The molecule has 0 radical (unpaired) electrons. The molecule has 0 atom stereocenters. The lowest BCUT2D eigenvalue weighted by atomic mass is 9.97. The van der Waals surface area contributed by atoms with Crippen LogP contribution in [-0.2, 0) is 24.5 Å². The van der Waals surface area contributed by atoms with Crippen molar-refractivity contribution in [2.45, 2.75) is 39.5 Å². The van der Waals surface area contributed by atoms with Crippen molar-refractivity contribution in [3.8, 4) is 11.5 Å². The Kier molecular flexibility index (Phi) is 10.7. The smallest absolute Gasteiger partial charge is 0.337 e. The van der Waals surface area contributed by atoms with E-state index in [9.17, 15) is 9.59 Å². The number of rotatable bonds is 12. The predicted molar refractivity (Wildman–Crippen MR) is 182 cm³/mol. The molecule has 0 aliphatic rings. The Morgan fingerprint density at radius 1 is 0.696 bits per heavy atom. The number of amides is 1. The summed E-state index contributed by atoms with van der Waals surface area (Å²) in [6.45, 7) is 5.04. The van der Waals surface area contributed by atoms with Gasteiger partial charge in [-0.2, -0.15) is 0 Å². The highest BCUT2D eigenvalue weighted by Crippen LogP contribution is 2.37. The van der Waals surface area contributed by atoms with Gasteiger partial charge in [0.1, 0.15) is 24.7 Å². The molecule has 0 unspecified atom stereocenters. The second-order valence-corrected chi connectivity index (χ2v) is 11.6. The molecule has 5 aromatic carbocycles.